The van der Waals surface area contributed by atoms with Crippen LogP contribution >= 0.6 is 0 Å². The monoisotopic (exact) mass is 568 g/mol. The average Bonchev–Trinajstić information content (AvgIpc) is 3.49. The van der Waals surface area contributed by atoms with Crippen LogP contribution in [0.25, 0.3) is 38.8 Å². The van der Waals surface area contributed by atoms with Crippen molar-refractivity contribution in [1.82, 2.24) is 29.4 Å². The number of aromatic nitrogens is 5. The molecule has 0 saturated carbocycles. The summed E-state index contributed by atoms with van der Waals surface area (Å²) in [5, 5.41) is 8.71. The van der Waals surface area contributed by atoms with Crippen LogP contribution in [-0.2, 0) is 0 Å². The molecule has 0 aliphatic carbocycles. The zero-order valence-corrected chi connectivity index (χ0v) is 23.7. The molecule has 9 nitrogen and oxygen atoms in total. The van der Waals surface area contributed by atoms with Crippen LogP contribution in [0.3, 0.4) is 0 Å². The molecule has 7 rings (SSSR count). The number of amides is 2. The first-order valence-corrected chi connectivity index (χ1v) is 14.7. The third-order valence-corrected chi connectivity index (χ3v) is 8.12. The van der Waals surface area contributed by atoms with E-state index in [-0.39, 0.29) is 6.03 Å². The predicted molar refractivity (Wildman–Crippen MR) is 170 cm³/mol. The van der Waals surface area contributed by atoms with Gasteiger partial charge in [0.05, 0.1) is 16.7 Å². The number of carbonyl (C=O) groups excluding carboxylic acids is 1. The largest absolute Gasteiger partial charge is 0.354 e. The predicted octanol–water partition coefficient (Wildman–Crippen LogP) is 6.78. The molecule has 0 spiro atoms. The Morgan fingerprint density at radius 3 is 2.72 bits per heavy atom. The molecule has 1 aliphatic rings. The number of benzene rings is 3. The van der Waals surface area contributed by atoms with Crippen molar-refractivity contribution in [3.05, 3.63) is 104 Å². The quantitative estimate of drug-likeness (QED) is 0.220. The SMILES string of the molecule is O=C(Nc1cccc2ccccc12)N1CCCC(CCNc2nccc(-n3cnc4cc(-c5ccncc5)ccc43)n2)C1. The number of hydrogen-bond acceptors (Lipinski definition) is 6. The maximum atomic E-state index is 13.2. The Balaban J connectivity index is 0.966. The molecule has 2 N–H and O–H groups in total. The summed E-state index contributed by atoms with van der Waals surface area (Å²) >= 11 is 0. The van der Waals surface area contributed by atoms with E-state index in [1.54, 1.807) is 24.9 Å². The highest BCUT2D eigenvalue weighted by Gasteiger charge is 2.24. The van der Waals surface area contributed by atoms with Gasteiger partial charge in [-0.05, 0) is 78.1 Å². The molecule has 1 fully saturated rings. The van der Waals surface area contributed by atoms with Crippen molar-refractivity contribution in [2.45, 2.75) is 19.3 Å². The van der Waals surface area contributed by atoms with Crippen LogP contribution in [0.5, 0.6) is 0 Å². The Bertz CT molecular complexity index is 1880. The Labute approximate surface area is 249 Å². The highest BCUT2D eigenvalue weighted by Crippen LogP contribution is 2.27. The van der Waals surface area contributed by atoms with Crippen molar-refractivity contribution in [3.8, 4) is 16.9 Å². The van der Waals surface area contributed by atoms with Crippen LogP contribution < -0.4 is 10.6 Å². The molecule has 1 atom stereocenters. The molecule has 43 heavy (non-hydrogen) atoms. The van der Waals surface area contributed by atoms with Gasteiger partial charge in [-0.25, -0.2) is 14.8 Å². The van der Waals surface area contributed by atoms with Gasteiger partial charge in [-0.1, -0.05) is 42.5 Å². The minimum atomic E-state index is -0.0366. The Morgan fingerprint density at radius 1 is 0.907 bits per heavy atom. The van der Waals surface area contributed by atoms with Crippen molar-refractivity contribution >= 4 is 39.5 Å². The second kappa shape index (κ2) is 11.9. The topological polar surface area (TPSA) is 101 Å². The minimum absolute atomic E-state index is 0.0366. The van der Waals surface area contributed by atoms with E-state index in [1.807, 2.05) is 58.0 Å². The van der Waals surface area contributed by atoms with Gasteiger partial charge in [0.15, 0.2) is 0 Å². The molecular formula is C34H32N8O. The summed E-state index contributed by atoms with van der Waals surface area (Å²) in [4.78, 5) is 33.0. The maximum absolute atomic E-state index is 13.2. The number of fused-ring (bicyclic) bond motifs is 2. The number of rotatable bonds is 7. The lowest BCUT2D eigenvalue weighted by atomic mass is 9.95. The zero-order chi connectivity index (χ0) is 29.0. The Hall–Kier alpha value is -5.31. The third kappa shape index (κ3) is 5.74. The highest BCUT2D eigenvalue weighted by molar-refractivity contribution is 6.01. The lowest BCUT2D eigenvalue weighted by molar-refractivity contribution is 0.175. The number of hydrogen-bond donors (Lipinski definition) is 2. The van der Waals surface area contributed by atoms with E-state index in [1.165, 1.54) is 0 Å². The second-order valence-corrected chi connectivity index (χ2v) is 10.9. The smallest absolute Gasteiger partial charge is 0.321 e. The number of imidazole rings is 1. The molecule has 0 bridgehead atoms. The van der Waals surface area contributed by atoms with E-state index < -0.39 is 0 Å². The molecular weight excluding hydrogens is 536 g/mol. The number of piperidine rings is 1. The third-order valence-electron chi connectivity index (χ3n) is 8.12. The first kappa shape index (κ1) is 26.6. The van der Waals surface area contributed by atoms with Crippen LogP contribution in [0, 0.1) is 5.92 Å². The average molecular weight is 569 g/mol. The second-order valence-electron chi connectivity index (χ2n) is 10.9. The van der Waals surface area contributed by atoms with Crippen molar-refractivity contribution < 1.29 is 4.79 Å². The molecule has 1 saturated heterocycles. The first-order valence-electron chi connectivity index (χ1n) is 14.7. The van der Waals surface area contributed by atoms with Crippen LogP contribution in [0.2, 0.25) is 0 Å². The number of nitrogens with one attached hydrogen (secondary N) is 2. The molecule has 9 heteroatoms. The van der Waals surface area contributed by atoms with E-state index in [9.17, 15) is 4.79 Å². The van der Waals surface area contributed by atoms with Gasteiger partial charge in [-0.2, -0.15) is 4.98 Å². The van der Waals surface area contributed by atoms with E-state index in [2.05, 4.69) is 55.9 Å². The number of likely N-dealkylation sites (tertiary alicyclic amines) is 1. The normalized spacial score (nSPS) is 15.1. The van der Waals surface area contributed by atoms with Gasteiger partial charge >= 0.3 is 6.03 Å². The van der Waals surface area contributed by atoms with Gasteiger partial charge in [0.1, 0.15) is 12.1 Å². The molecule has 0 radical (unpaired) electrons. The summed E-state index contributed by atoms with van der Waals surface area (Å²) in [5.74, 6) is 1.75. The number of carbonyl (C=O) groups is 1. The lowest BCUT2D eigenvalue weighted by Crippen LogP contribution is -2.42. The molecule has 3 aromatic heterocycles. The summed E-state index contributed by atoms with van der Waals surface area (Å²) in [6, 6.07) is 26.2. The van der Waals surface area contributed by atoms with E-state index >= 15 is 0 Å². The molecule has 1 aliphatic heterocycles. The molecule has 214 valence electrons. The van der Waals surface area contributed by atoms with Crippen molar-refractivity contribution in [1.29, 1.82) is 0 Å². The lowest BCUT2D eigenvalue weighted by Gasteiger charge is -2.33. The first-order chi connectivity index (χ1) is 21.2. The fourth-order valence-electron chi connectivity index (χ4n) is 5.89. The zero-order valence-electron chi connectivity index (χ0n) is 23.7. The molecule has 2 amide bonds. The van der Waals surface area contributed by atoms with Crippen LogP contribution in [0.4, 0.5) is 16.4 Å². The summed E-state index contributed by atoms with van der Waals surface area (Å²) in [7, 11) is 0. The van der Waals surface area contributed by atoms with Gasteiger partial charge in [0.25, 0.3) is 0 Å². The van der Waals surface area contributed by atoms with E-state index in [0.29, 0.717) is 11.9 Å². The highest BCUT2D eigenvalue weighted by atomic mass is 16.2. The number of pyridine rings is 1. The van der Waals surface area contributed by atoms with Gasteiger partial charge in [-0.3, -0.25) is 9.55 Å². The van der Waals surface area contributed by atoms with Gasteiger partial charge < -0.3 is 15.5 Å². The number of nitrogens with zero attached hydrogens (tertiary/aromatic N) is 6. The molecule has 4 heterocycles. The minimum Gasteiger partial charge on any atom is -0.354 e. The Morgan fingerprint density at radius 2 is 1.79 bits per heavy atom. The van der Waals surface area contributed by atoms with Crippen molar-refractivity contribution in [3.63, 3.8) is 0 Å². The number of anilines is 2. The fourth-order valence-corrected chi connectivity index (χ4v) is 5.89. The summed E-state index contributed by atoms with van der Waals surface area (Å²) in [6.07, 6.45) is 10.2. The van der Waals surface area contributed by atoms with Crippen molar-refractivity contribution in [2.24, 2.45) is 5.92 Å². The maximum Gasteiger partial charge on any atom is 0.321 e. The van der Waals surface area contributed by atoms with Crippen LogP contribution in [0.1, 0.15) is 19.3 Å². The van der Waals surface area contributed by atoms with E-state index in [4.69, 9.17) is 4.98 Å². The standard InChI is InChI=1S/C34H32N8O/c43-34(39-29-9-3-7-26-6-1-2-8-28(26)29)41-20-4-5-24(22-41)12-18-36-33-37-19-15-32(40-33)42-23-38-30-21-27(10-11-31(30)42)25-13-16-35-17-14-25/h1-3,6-11,13-17,19,21,23-24H,4-5,12,18,20,22H2,(H,39,43)(H,36,37,40). The molecule has 1 unspecified atom stereocenters. The fraction of sp³-hybridized carbons (Fsp3) is 0.206. The summed E-state index contributed by atoms with van der Waals surface area (Å²) in [6.45, 7) is 2.24. The molecule has 6 aromatic rings. The summed E-state index contributed by atoms with van der Waals surface area (Å²) < 4.78 is 1.98. The van der Waals surface area contributed by atoms with Crippen LogP contribution in [-0.4, -0.2) is 55.1 Å². The Kier molecular flexibility index (Phi) is 7.35. The summed E-state index contributed by atoms with van der Waals surface area (Å²) in [5.41, 5.74) is 4.92. The van der Waals surface area contributed by atoms with Crippen LogP contribution in [0.15, 0.2) is 104 Å². The van der Waals surface area contributed by atoms with Crippen molar-refractivity contribution in [2.75, 3.05) is 30.3 Å². The van der Waals surface area contributed by atoms with Gasteiger partial charge in [0, 0.05) is 43.6 Å². The number of urea groups is 1. The van der Waals surface area contributed by atoms with Gasteiger partial charge in [-0.15, -0.1) is 0 Å². The van der Waals surface area contributed by atoms with Gasteiger partial charge in [0.2, 0.25) is 5.95 Å². The molecule has 3 aromatic carbocycles. The van der Waals surface area contributed by atoms with E-state index in [0.717, 1.165) is 83.3 Å².